The Morgan fingerprint density at radius 1 is 1.20 bits per heavy atom. The summed E-state index contributed by atoms with van der Waals surface area (Å²) in [6.45, 7) is 0. The average molecular weight is 377 g/mol. The van der Waals surface area contributed by atoms with Crippen LogP contribution >= 0.6 is 39.1 Å². The van der Waals surface area contributed by atoms with Crippen molar-refractivity contribution in [3.05, 3.63) is 62.3 Å². The van der Waals surface area contributed by atoms with Crippen molar-refractivity contribution in [1.82, 2.24) is 0 Å². The molecule has 0 saturated heterocycles. The molecule has 0 aromatic heterocycles. The Bertz CT molecular complexity index is 623. The van der Waals surface area contributed by atoms with Gasteiger partial charge in [-0.15, -0.1) is 0 Å². The van der Waals surface area contributed by atoms with Crippen molar-refractivity contribution in [2.75, 3.05) is 5.32 Å². The number of hydrogen-bond acceptors (Lipinski definition) is 1. The molecule has 0 aliphatic rings. The Balaban J connectivity index is 2.10. The average Bonchev–Trinajstić information content (AvgIpc) is 2.36. The molecule has 0 unspecified atom stereocenters. The van der Waals surface area contributed by atoms with Crippen LogP contribution < -0.4 is 5.32 Å². The van der Waals surface area contributed by atoms with Gasteiger partial charge in [0.1, 0.15) is 5.82 Å². The van der Waals surface area contributed by atoms with Gasteiger partial charge in [-0.1, -0.05) is 35.3 Å². The van der Waals surface area contributed by atoms with E-state index in [9.17, 15) is 9.18 Å². The second kappa shape index (κ2) is 6.57. The minimum Gasteiger partial charge on any atom is -0.324 e. The van der Waals surface area contributed by atoms with E-state index < -0.39 is 5.82 Å². The summed E-state index contributed by atoms with van der Waals surface area (Å²) in [7, 11) is 0. The molecule has 1 N–H and O–H groups in total. The largest absolute Gasteiger partial charge is 0.324 e. The molecule has 0 bridgehead atoms. The number of anilines is 1. The third-order valence-electron chi connectivity index (χ3n) is 2.55. The highest BCUT2D eigenvalue weighted by atomic mass is 79.9. The predicted octanol–water partition coefficient (Wildman–Crippen LogP) is 5.08. The third kappa shape index (κ3) is 3.95. The molecule has 0 fully saturated rings. The van der Waals surface area contributed by atoms with Crippen LogP contribution in [0.3, 0.4) is 0 Å². The molecule has 2 rings (SSSR count). The minimum absolute atomic E-state index is 0.140. The molecule has 1 amide bonds. The summed E-state index contributed by atoms with van der Waals surface area (Å²) < 4.78 is 13.5. The lowest BCUT2D eigenvalue weighted by Crippen LogP contribution is -2.15. The molecule has 0 aliphatic heterocycles. The SMILES string of the molecule is O=C(Cc1ccc(Cl)cc1)Nc1c(Cl)cc(F)cc1Br. The Morgan fingerprint density at radius 3 is 2.45 bits per heavy atom. The predicted molar refractivity (Wildman–Crippen MR) is 82.9 cm³/mol. The standard InChI is InChI=1S/C14H9BrCl2FNO/c15-11-6-10(18)7-12(17)14(11)19-13(20)5-8-1-3-9(16)4-2-8/h1-4,6-7H,5H2,(H,19,20). The number of carbonyl (C=O) groups is 1. The van der Waals surface area contributed by atoms with E-state index in [1.165, 1.54) is 6.07 Å². The zero-order chi connectivity index (χ0) is 14.7. The molecule has 0 heterocycles. The van der Waals surface area contributed by atoms with Crippen LogP contribution in [0.5, 0.6) is 0 Å². The zero-order valence-corrected chi connectivity index (χ0v) is 13.2. The van der Waals surface area contributed by atoms with Gasteiger partial charge in [0.25, 0.3) is 0 Å². The van der Waals surface area contributed by atoms with E-state index in [2.05, 4.69) is 21.2 Å². The first-order valence-electron chi connectivity index (χ1n) is 5.64. The lowest BCUT2D eigenvalue weighted by atomic mass is 10.1. The maximum Gasteiger partial charge on any atom is 0.228 e. The summed E-state index contributed by atoms with van der Waals surface area (Å²) in [5.41, 5.74) is 1.17. The lowest BCUT2D eigenvalue weighted by Gasteiger charge is -2.10. The van der Waals surface area contributed by atoms with Gasteiger partial charge < -0.3 is 5.32 Å². The van der Waals surface area contributed by atoms with E-state index in [1.807, 2.05) is 0 Å². The van der Waals surface area contributed by atoms with Gasteiger partial charge in [0.15, 0.2) is 0 Å². The van der Waals surface area contributed by atoms with E-state index >= 15 is 0 Å². The smallest absolute Gasteiger partial charge is 0.228 e. The van der Waals surface area contributed by atoms with Crippen LogP contribution in [-0.2, 0) is 11.2 Å². The first-order chi connectivity index (χ1) is 9.45. The summed E-state index contributed by atoms with van der Waals surface area (Å²) in [6.07, 6.45) is 0.178. The maximum atomic E-state index is 13.1. The summed E-state index contributed by atoms with van der Waals surface area (Å²) in [5, 5.41) is 3.40. The van der Waals surface area contributed by atoms with Crippen LogP contribution in [0.4, 0.5) is 10.1 Å². The fourth-order valence-corrected chi connectivity index (χ4v) is 2.66. The molecule has 0 radical (unpaired) electrons. The Kier molecular flexibility index (Phi) is 5.02. The molecule has 2 nitrogen and oxygen atoms in total. The van der Waals surface area contributed by atoms with Gasteiger partial charge in [0, 0.05) is 9.50 Å². The van der Waals surface area contributed by atoms with Crippen LogP contribution in [0.1, 0.15) is 5.56 Å². The van der Waals surface area contributed by atoms with Crippen LogP contribution in [-0.4, -0.2) is 5.91 Å². The molecule has 2 aromatic carbocycles. The fraction of sp³-hybridized carbons (Fsp3) is 0.0714. The Hall–Kier alpha value is -1.10. The van der Waals surface area contributed by atoms with E-state index in [1.54, 1.807) is 24.3 Å². The van der Waals surface area contributed by atoms with Crippen LogP contribution in [0.2, 0.25) is 10.0 Å². The van der Waals surface area contributed by atoms with Gasteiger partial charge in [-0.2, -0.15) is 0 Å². The highest BCUT2D eigenvalue weighted by Gasteiger charge is 2.12. The molecule has 6 heteroatoms. The molecule has 2 aromatic rings. The fourth-order valence-electron chi connectivity index (χ4n) is 1.63. The summed E-state index contributed by atoms with van der Waals surface area (Å²) in [5.74, 6) is -0.723. The van der Waals surface area contributed by atoms with Crippen molar-refractivity contribution in [3.63, 3.8) is 0 Å². The zero-order valence-electron chi connectivity index (χ0n) is 10.1. The molecule has 0 atom stereocenters. The number of nitrogens with one attached hydrogen (secondary N) is 1. The summed E-state index contributed by atoms with van der Waals surface area (Å²) in [4.78, 5) is 11.9. The Labute approximate surface area is 134 Å². The monoisotopic (exact) mass is 375 g/mol. The van der Waals surface area contributed by atoms with E-state index in [4.69, 9.17) is 23.2 Å². The van der Waals surface area contributed by atoms with Crippen LogP contribution in [0.15, 0.2) is 40.9 Å². The number of halogens is 4. The van der Waals surface area contributed by atoms with E-state index in [0.717, 1.165) is 11.6 Å². The molecule has 0 aliphatic carbocycles. The highest BCUT2D eigenvalue weighted by molar-refractivity contribution is 9.10. The van der Waals surface area contributed by atoms with Crippen molar-refractivity contribution >= 4 is 50.7 Å². The van der Waals surface area contributed by atoms with Crippen molar-refractivity contribution in [3.8, 4) is 0 Å². The molecule has 0 saturated carbocycles. The summed E-state index contributed by atoms with van der Waals surface area (Å²) in [6, 6.07) is 9.34. The molecular weight excluding hydrogens is 368 g/mol. The van der Waals surface area contributed by atoms with Gasteiger partial charge in [0.2, 0.25) is 5.91 Å². The van der Waals surface area contributed by atoms with E-state index in [0.29, 0.717) is 15.2 Å². The van der Waals surface area contributed by atoms with Gasteiger partial charge in [-0.3, -0.25) is 4.79 Å². The maximum absolute atomic E-state index is 13.1. The van der Waals surface area contributed by atoms with Crippen LogP contribution in [0.25, 0.3) is 0 Å². The summed E-state index contributed by atoms with van der Waals surface area (Å²) >= 11 is 14.8. The second-order valence-electron chi connectivity index (χ2n) is 4.10. The van der Waals surface area contributed by atoms with Crippen molar-refractivity contribution in [1.29, 1.82) is 0 Å². The quantitative estimate of drug-likeness (QED) is 0.795. The third-order valence-corrected chi connectivity index (χ3v) is 3.72. The molecule has 0 spiro atoms. The van der Waals surface area contributed by atoms with Crippen molar-refractivity contribution in [2.45, 2.75) is 6.42 Å². The number of amides is 1. The van der Waals surface area contributed by atoms with Gasteiger partial charge in [0.05, 0.1) is 17.1 Å². The van der Waals surface area contributed by atoms with E-state index in [-0.39, 0.29) is 17.4 Å². The first-order valence-corrected chi connectivity index (χ1v) is 7.19. The highest BCUT2D eigenvalue weighted by Crippen LogP contribution is 2.31. The van der Waals surface area contributed by atoms with Crippen molar-refractivity contribution in [2.24, 2.45) is 0 Å². The first kappa shape index (κ1) is 15.3. The number of hydrogen-bond donors (Lipinski definition) is 1. The van der Waals surface area contributed by atoms with Crippen LogP contribution in [0, 0.1) is 5.82 Å². The topological polar surface area (TPSA) is 29.1 Å². The van der Waals surface area contributed by atoms with Crippen molar-refractivity contribution < 1.29 is 9.18 Å². The van der Waals surface area contributed by atoms with Gasteiger partial charge in [-0.05, 0) is 45.8 Å². The minimum atomic E-state index is -0.474. The molecular formula is C14H9BrCl2FNO. The molecule has 104 valence electrons. The number of benzene rings is 2. The Morgan fingerprint density at radius 2 is 1.85 bits per heavy atom. The number of rotatable bonds is 3. The lowest BCUT2D eigenvalue weighted by molar-refractivity contribution is -0.115. The molecule has 20 heavy (non-hydrogen) atoms. The number of carbonyl (C=O) groups excluding carboxylic acids is 1. The normalized spacial score (nSPS) is 10.4. The second-order valence-corrected chi connectivity index (χ2v) is 5.79. The van der Waals surface area contributed by atoms with Gasteiger partial charge >= 0.3 is 0 Å². The van der Waals surface area contributed by atoms with Gasteiger partial charge in [-0.25, -0.2) is 4.39 Å².